The Bertz CT molecular complexity index is 1160. The Morgan fingerprint density at radius 2 is 1.86 bits per heavy atom. The van der Waals surface area contributed by atoms with Gasteiger partial charge in [-0.2, -0.15) is 0 Å². The largest absolute Gasteiger partial charge is 0.493 e. The Morgan fingerprint density at radius 3 is 2.68 bits per heavy atom. The predicted molar refractivity (Wildman–Crippen MR) is 151 cm³/mol. The van der Waals surface area contributed by atoms with Gasteiger partial charge in [0.2, 0.25) is 0 Å². The molecule has 1 aliphatic heterocycles. The van der Waals surface area contributed by atoms with Crippen LogP contribution in [0.4, 0.5) is 11.5 Å². The summed E-state index contributed by atoms with van der Waals surface area (Å²) < 4.78 is 17.8. The van der Waals surface area contributed by atoms with E-state index in [2.05, 4.69) is 27.1 Å². The van der Waals surface area contributed by atoms with Crippen LogP contribution in [-0.2, 0) is 4.74 Å². The number of hydrogen-bond acceptors (Lipinski definition) is 7. The van der Waals surface area contributed by atoms with Crippen molar-refractivity contribution in [1.29, 1.82) is 0 Å². The first-order valence-electron chi connectivity index (χ1n) is 13.1. The second-order valence-corrected chi connectivity index (χ2v) is 10.2. The lowest BCUT2D eigenvalue weighted by Gasteiger charge is -2.32. The minimum absolute atomic E-state index is 0.0199. The van der Waals surface area contributed by atoms with Gasteiger partial charge in [0.1, 0.15) is 24.9 Å². The van der Waals surface area contributed by atoms with E-state index >= 15 is 0 Å². The van der Waals surface area contributed by atoms with Crippen LogP contribution in [0.25, 0.3) is 10.9 Å². The smallest absolute Gasteiger partial charge is 0.163 e. The van der Waals surface area contributed by atoms with Gasteiger partial charge in [0.05, 0.1) is 29.3 Å². The van der Waals surface area contributed by atoms with E-state index in [-0.39, 0.29) is 6.10 Å². The Labute approximate surface area is 229 Å². The highest BCUT2D eigenvalue weighted by Crippen LogP contribution is 2.35. The molecule has 0 saturated carbocycles. The molecule has 37 heavy (non-hydrogen) atoms. The van der Waals surface area contributed by atoms with E-state index in [1.165, 1.54) is 44.9 Å². The number of rotatable bonds is 13. The minimum Gasteiger partial charge on any atom is -0.493 e. The number of methoxy groups -OCH3 is 1. The van der Waals surface area contributed by atoms with Crippen molar-refractivity contribution >= 4 is 45.6 Å². The number of halogens is 2. The van der Waals surface area contributed by atoms with Gasteiger partial charge in [-0.15, -0.1) is 0 Å². The van der Waals surface area contributed by atoms with E-state index in [0.29, 0.717) is 34.0 Å². The molecular formula is C28H36Cl2N4O3. The lowest BCUT2D eigenvalue weighted by molar-refractivity contribution is -0.0484. The third kappa shape index (κ3) is 7.84. The van der Waals surface area contributed by atoms with Crippen LogP contribution in [0.1, 0.15) is 45.4 Å². The third-order valence-electron chi connectivity index (χ3n) is 6.58. The van der Waals surface area contributed by atoms with Crippen molar-refractivity contribution in [2.45, 2.75) is 51.6 Å². The van der Waals surface area contributed by atoms with Gasteiger partial charge >= 0.3 is 0 Å². The average Bonchev–Trinajstić information content (AvgIpc) is 2.91. The van der Waals surface area contributed by atoms with Crippen LogP contribution in [0.5, 0.6) is 11.5 Å². The van der Waals surface area contributed by atoms with Gasteiger partial charge in [0.15, 0.2) is 11.5 Å². The highest BCUT2D eigenvalue weighted by atomic mass is 35.5. The number of unbranched alkanes of at least 4 members (excludes halogenated alkanes) is 5. The van der Waals surface area contributed by atoms with Crippen LogP contribution in [0.2, 0.25) is 10.0 Å². The van der Waals surface area contributed by atoms with E-state index in [4.69, 9.17) is 37.4 Å². The molecule has 0 aliphatic carbocycles. The Morgan fingerprint density at radius 1 is 1.03 bits per heavy atom. The molecular weight excluding hydrogens is 511 g/mol. The first-order chi connectivity index (χ1) is 18.1. The van der Waals surface area contributed by atoms with Crippen molar-refractivity contribution in [3.05, 3.63) is 46.7 Å². The standard InChI is InChI=1S/C28H36Cl2N4O3/c1-3-4-5-6-7-8-11-34-12-13-36-21(17-34)18-37-27-16-25-22(15-26(27)35-2)28(32-19-31-25)33-20-9-10-23(29)24(30)14-20/h9-10,14-16,19,21H,3-8,11-13,17-18H2,1-2H3,(H,31,32,33). The summed E-state index contributed by atoms with van der Waals surface area (Å²) in [5, 5.41) is 5.05. The molecule has 2 aromatic carbocycles. The van der Waals surface area contributed by atoms with Gasteiger partial charge in [-0.25, -0.2) is 9.97 Å². The van der Waals surface area contributed by atoms with Gasteiger partial charge in [-0.1, -0.05) is 62.2 Å². The van der Waals surface area contributed by atoms with Gasteiger partial charge in [-0.05, 0) is 37.2 Å². The highest BCUT2D eigenvalue weighted by Gasteiger charge is 2.22. The monoisotopic (exact) mass is 546 g/mol. The molecule has 0 bridgehead atoms. The molecule has 1 fully saturated rings. The zero-order valence-corrected chi connectivity index (χ0v) is 23.2. The molecule has 1 saturated heterocycles. The molecule has 1 unspecified atom stereocenters. The normalized spacial score (nSPS) is 16.2. The average molecular weight is 548 g/mol. The number of hydrogen-bond donors (Lipinski definition) is 1. The summed E-state index contributed by atoms with van der Waals surface area (Å²) in [7, 11) is 1.63. The summed E-state index contributed by atoms with van der Waals surface area (Å²) in [5.74, 6) is 1.87. The number of fused-ring (bicyclic) bond motifs is 1. The molecule has 4 rings (SSSR count). The molecule has 0 radical (unpaired) electrons. The van der Waals surface area contributed by atoms with E-state index in [0.717, 1.165) is 42.8 Å². The highest BCUT2D eigenvalue weighted by molar-refractivity contribution is 6.42. The number of nitrogens with zero attached hydrogens (tertiary/aromatic N) is 3. The second kappa shape index (κ2) is 14.0. The molecule has 7 nitrogen and oxygen atoms in total. The lowest BCUT2D eigenvalue weighted by atomic mass is 10.1. The fourth-order valence-electron chi connectivity index (χ4n) is 4.53. The van der Waals surface area contributed by atoms with Crippen molar-refractivity contribution in [2.75, 3.05) is 45.3 Å². The fourth-order valence-corrected chi connectivity index (χ4v) is 4.83. The third-order valence-corrected chi connectivity index (χ3v) is 7.32. The van der Waals surface area contributed by atoms with Crippen LogP contribution in [0.3, 0.4) is 0 Å². The van der Waals surface area contributed by atoms with Crippen molar-refractivity contribution < 1.29 is 14.2 Å². The van der Waals surface area contributed by atoms with Gasteiger partial charge in [0.25, 0.3) is 0 Å². The summed E-state index contributed by atoms with van der Waals surface area (Å²) >= 11 is 12.2. The molecule has 2 heterocycles. The van der Waals surface area contributed by atoms with Crippen molar-refractivity contribution in [1.82, 2.24) is 14.9 Å². The predicted octanol–water partition coefficient (Wildman–Crippen LogP) is 7.13. The maximum absolute atomic E-state index is 6.19. The topological polar surface area (TPSA) is 68.7 Å². The van der Waals surface area contributed by atoms with Crippen molar-refractivity contribution in [2.24, 2.45) is 0 Å². The minimum atomic E-state index is 0.0199. The maximum Gasteiger partial charge on any atom is 0.163 e. The van der Waals surface area contributed by atoms with Crippen molar-refractivity contribution in [3.8, 4) is 11.5 Å². The zero-order valence-electron chi connectivity index (χ0n) is 21.6. The fraction of sp³-hybridized carbons (Fsp3) is 0.500. The molecule has 1 N–H and O–H groups in total. The number of morpholine rings is 1. The Balaban J connectivity index is 1.38. The molecule has 3 aromatic rings. The molecule has 200 valence electrons. The summed E-state index contributed by atoms with van der Waals surface area (Å²) in [6.45, 7) is 6.42. The molecule has 9 heteroatoms. The first-order valence-corrected chi connectivity index (χ1v) is 13.8. The van der Waals surface area contributed by atoms with Crippen LogP contribution >= 0.6 is 23.2 Å². The maximum atomic E-state index is 6.19. The van der Waals surface area contributed by atoms with E-state index < -0.39 is 0 Å². The molecule has 0 spiro atoms. The summed E-state index contributed by atoms with van der Waals surface area (Å²) in [6.07, 6.45) is 9.40. The Hall–Kier alpha value is -2.32. The number of ether oxygens (including phenoxy) is 3. The lowest BCUT2D eigenvalue weighted by Crippen LogP contribution is -2.45. The first kappa shape index (κ1) is 27.7. The summed E-state index contributed by atoms with van der Waals surface area (Å²) in [5.41, 5.74) is 1.51. The van der Waals surface area contributed by atoms with Crippen molar-refractivity contribution in [3.63, 3.8) is 0 Å². The molecule has 1 aliphatic rings. The number of aromatic nitrogens is 2. The quantitative estimate of drug-likeness (QED) is 0.228. The van der Waals surface area contributed by atoms with E-state index in [1.807, 2.05) is 18.2 Å². The second-order valence-electron chi connectivity index (χ2n) is 9.37. The number of nitrogens with one attached hydrogen (secondary N) is 1. The molecule has 1 atom stereocenters. The molecule has 1 aromatic heterocycles. The van der Waals surface area contributed by atoms with Crippen LogP contribution in [0, 0.1) is 0 Å². The molecule has 0 amide bonds. The van der Waals surface area contributed by atoms with Gasteiger partial charge in [0, 0.05) is 30.2 Å². The summed E-state index contributed by atoms with van der Waals surface area (Å²) in [4.78, 5) is 11.3. The Kier molecular flexibility index (Phi) is 10.5. The summed E-state index contributed by atoms with van der Waals surface area (Å²) in [6, 6.07) is 9.11. The van der Waals surface area contributed by atoms with E-state index in [9.17, 15) is 0 Å². The van der Waals surface area contributed by atoms with Crippen LogP contribution < -0.4 is 14.8 Å². The van der Waals surface area contributed by atoms with Crippen LogP contribution in [0.15, 0.2) is 36.7 Å². The SMILES string of the molecule is CCCCCCCCN1CCOC(COc2cc3ncnc(Nc4ccc(Cl)c(Cl)c4)c3cc2OC)C1. The number of benzene rings is 2. The van der Waals surface area contributed by atoms with Gasteiger partial charge < -0.3 is 19.5 Å². The van der Waals surface area contributed by atoms with Crippen LogP contribution in [-0.4, -0.2) is 60.9 Å². The number of anilines is 2. The van der Waals surface area contributed by atoms with E-state index in [1.54, 1.807) is 19.2 Å². The zero-order chi connectivity index (χ0) is 26.0. The van der Waals surface area contributed by atoms with Gasteiger partial charge in [-0.3, -0.25) is 4.90 Å².